The molecule has 0 fully saturated rings. The van der Waals surface area contributed by atoms with E-state index in [-0.39, 0.29) is 0 Å². The van der Waals surface area contributed by atoms with Gasteiger partial charge in [0.25, 0.3) is 0 Å². The van der Waals surface area contributed by atoms with Gasteiger partial charge in [-0.2, -0.15) is 0 Å². The van der Waals surface area contributed by atoms with Gasteiger partial charge < -0.3 is 15.4 Å². The summed E-state index contributed by atoms with van der Waals surface area (Å²) in [4.78, 5) is 26.4. The standard InChI is InChI=1S/C26H24N4O2S/c1-14-8-9-17(10-15(14)2)22-16(3)33-25-23(22)24(28-13-29-25)30-21(26(31)32)11-18-12-27-20-7-5-4-6-19(18)20/h4-10,12-13,21,27H,11H2,1-3H3,(H,31,32)(H,28,29,30). The van der Waals surface area contributed by atoms with Crippen molar-refractivity contribution in [3.63, 3.8) is 0 Å². The van der Waals surface area contributed by atoms with E-state index in [1.807, 2.05) is 30.5 Å². The molecule has 0 spiro atoms. The second kappa shape index (κ2) is 8.33. The molecule has 0 radical (unpaired) electrons. The van der Waals surface area contributed by atoms with E-state index in [1.54, 1.807) is 11.3 Å². The van der Waals surface area contributed by atoms with E-state index < -0.39 is 12.0 Å². The highest BCUT2D eigenvalue weighted by atomic mass is 32.1. The van der Waals surface area contributed by atoms with Crippen molar-refractivity contribution >= 4 is 44.2 Å². The van der Waals surface area contributed by atoms with E-state index in [0.717, 1.165) is 42.7 Å². The van der Waals surface area contributed by atoms with Crippen molar-refractivity contribution in [2.45, 2.75) is 33.2 Å². The summed E-state index contributed by atoms with van der Waals surface area (Å²) in [6.07, 6.45) is 3.70. The van der Waals surface area contributed by atoms with Gasteiger partial charge in [0.2, 0.25) is 0 Å². The van der Waals surface area contributed by atoms with Crippen molar-refractivity contribution in [3.05, 3.63) is 76.6 Å². The van der Waals surface area contributed by atoms with Crippen LogP contribution in [0.2, 0.25) is 0 Å². The number of rotatable bonds is 6. The number of carboxylic acids is 1. The number of aromatic amines is 1. The first-order chi connectivity index (χ1) is 15.9. The first kappa shape index (κ1) is 21.2. The molecule has 6 nitrogen and oxygen atoms in total. The molecule has 3 heterocycles. The van der Waals surface area contributed by atoms with Crippen molar-refractivity contribution in [1.82, 2.24) is 15.0 Å². The van der Waals surface area contributed by atoms with Crippen LogP contribution in [0, 0.1) is 20.8 Å². The lowest BCUT2D eigenvalue weighted by Gasteiger charge is -2.16. The van der Waals surface area contributed by atoms with Gasteiger partial charge in [0.15, 0.2) is 0 Å². The second-order valence-electron chi connectivity index (χ2n) is 8.33. The number of carboxylic acid groups (broad SMARTS) is 1. The number of nitrogens with one attached hydrogen (secondary N) is 2. The van der Waals surface area contributed by atoms with Crippen LogP contribution < -0.4 is 5.32 Å². The molecular weight excluding hydrogens is 432 g/mol. The predicted molar refractivity (Wildman–Crippen MR) is 134 cm³/mol. The molecule has 1 unspecified atom stereocenters. The molecule has 2 aromatic carbocycles. The van der Waals surface area contributed by atoms with Crippen LogP contribution in [0.1, 0.15) is 21.6 Å². The van der Waals surface area contributed by atoms with Crippen molar-refractivity contribution < 1.29 is 9.90 Å². The number of nitrogens with zero attached hydrogens (tertiary/aromatic N) is 2. The van der Waals surface area contributed by atoms with Crippen LogP contribution >= 0.6 is 11.3 Å². The highest BCUT2D eigenvalue weighted by Gasteiger charge is 2.24. The maximum Gasteiger partial charge on any atom is 0.326 e. The minimum Gasteiger partial charge on any atom is -0.480 e. The SMILES string of the molecule is Cc1ccc(-c2c(C)sc3ncnc(NC(Cc4c[nH]c5ccccc45)C(=O)O)c23)cc1C. The minimum atomic E-state index is -0.924. The molecule has 5 rings (SSSR count). The zero-order valence-electron chi connectivity index (χ0n) is 18.6. The molecule has 0 bridgehead atoms. The fourth-order valence-electron chi connectivity index (χ4n) is 4.28. The second-order valence-corrected chi connectivity index (χ2v) is 9.54. The van der Waals surface area contributed by atoms with E-state index in [2.05, 4.69) is 59.2 Å². The number of para-hydroxylation sites is 1. The van der Waals surface area contributed by atoms with Crippen LogP contribution in [0.5, 0.6) is 0 Å². The molecule has 0 aliphatic rings. The van der Waals surface area contributed by atoms with Crippen molar-refractivity contribution in [3.8, 4) is 11.1 Å². The Morgan fingerprint density at radius 3 is 2.73 bits per heavy atom. The normalized spacial score (nSPS) is 12.3. The molecule has 1 atom stereocenters. The van der Waals surface area contributed by atoms with Crippen LogP contribution in [0.15, 0.2) is 55.0 Å². The molecule has 7 heteroatoms. The first-order valence-electron chi connectivity index (χ1n) is 10.8. The van der Waals surface area contributed by atoms with E-state index in [4.69, 9.17) is 0 Å². The lowest BCUT2D eigenvalue weighted by atomic mass is 9.98. The van der Waals surface area contributed by atoms with Gasteiger partial charge >= 0.3 is 5.97 Å². The van der Waals surface area contributed by atoms with Gasteiger partial charge in [0.1, 0.15) is 23.0 Å². The molecule has 3 N–H and O–H groups in total. The quantitative estimate of drug-likeness (QED) is 0.297. The zero-order valence-corrected chi connectivity index (χ0v) is 19.5. The Balaban J connectivity index is 1.57. The maximum atomic E-state index is 12.2. The molecule has 5 aromatic rings. The third kappa shape index (κ3) is 3.85. The number of hydrogen-bond donors (Lipinski definition) is 3. The number of H-pyrrole nitrogens is 1. The summed E-state index contributed by atoms with van der Waals surface area (Å²) < 4.78 is 0. The summed E-state index contributed by atoms with van der Waals surface area (Å²) in [5, 5.41) is 15.1. The highest BCUT2D eigenvalue weighted by Crippen LogP contribution is 2.41. The Labute approximate surface area is 195 Å². The van der Waals surface area contributed by atoms with Crippen LogP contribution in [0.3, 0.4) is 0 Å². The molecule has 0 aliphatic carbocycles. The summed E-state index contributed by atoms with van der Waals surface area (Å²) in [6, 6.07) is 13.5. The summed E-state index contributed by atoms with van der Waals surface area (Å²) in [6.45, 7) is 6.26. The topological polar surface area (TPSA) is 90.9 Å². The molecule has 33 heavy (non-hydrogen) atoms. The lowest BCUT2D eigenvalue weighted by Crippen LogP contribution is -2.32. The number of aliphatic carboxylic acids is 1. The monoisotopic (exact) mass is 456 g/mol. The van der Waals surface area contributed by atoms with Crippen molar-refractivity contribution in [2.75, 3.05) is 5.32 Å². The fraction of sp³-hybridized carbons (Fsp3) is 0.192. The summed E-state index contributed by atoms with van der Waals surface area (Å²) in [7, 11) is 0. The number of thiophene rings is 1. The molecular formula is C26H24N4O2S. The highest BCUT2D eigenvalue weighted by molar-refractivity contribution is 7.19. The van der Waals surface area contributed by atoms with E-state index >= 15 is 0 Å². The predicted octanol–water partition coefficient (Wildman–Crippen LogP) is 5.87. The molecule has 0 saturated heterocycles. The van der Waals surface area contributed by atoms with E-state index in [0.29, 0.717) is 12.2 Å². The van der Waals surface area contributed by atoms with Gasteiger partial charge in [0, 0.05) is 34.0 Å². The fourth-order valence-corrected chi connectivity index (χ4v) is 5.30. The number of benzene rings is 2. The average Bonchev–Trinajstić information content (AvgIpc) is 3.36. The van der Waals surface area contributed by atoms with Crippen LogP contribution in [-0.4, -0.2) is 32.1 Å². The lowest BCUT2D eigenvalue weighted by molar-refractivity contribution is -0.137. The summed E-state index contributed by atoms with van der Waals surface area (Å²) in [5.41, 5.74) is 6.52. The van der Waals surface area contributed by atoms with Gasteiger partial charge in [-0.25, -0.2) is 14.8 Å². The van der Waals surface area contributed by atoms with E-state index in [1.165, 1.54) is 17.5 Å². The van der Waals surface area contributed by atoms with Gasteiger partial charge in [-0.05, 0) is 49.1 Å². The number of aromatic nitrogens is 3. The van der Waals surface area contributed by atoms with Crippen LogP contribution in [0.4, 0.5) is 5.82 Å². The summed E-state index contributed by atoms with van der Waals surface area (Å²) >= 11 is 1.60. The maximum absolute atomic E-state index is 12.2. The molecule has 0 aliphatic heterocycles. The first-order valence-corrected chi connectivity index (χ1v) is 11.6. The number of hydrogen-bond acceptors (Lipinski definition) is 5. The number of aryl methyl sites for hydroxylation is 3. The molecule has 0 amide bonds. The Kier molecular flexibility index (Phi) is 5.34. The smallest absolute Gasteiger partial charge is 0.326 e. The molecule has 166 valence electrons. The number of fused-ring (bicyclic) bond motifs is 2. The van der Waals surface area contributed by atoms with Gasteiger partial charge in [-0.15, -0.1) is 11.3 Å². The Morgan fingerprint density at radius 2 is 1.94 bits per heavy atom. The Morgan fingerprint density at radius 1 is 1.12 bits per heavy atom. The Bertz CT molecular complexity index is 1500. The van der Waals surface area contributed by atoms with E-state index in [9.17, 15) is 9.90 Å². The third-order valence-electron chi connectivity index (χ3n) is 6.17. The van der Waals surface area contributed by atoms with Gasteiger partial charge in [0.05, 0.1) is 5.39 Å². The summed E-state index contributed by atoms with van der Waals surface area (Å²) in [5.74, 6) is -0.378. The molecule has 0 saturated carbocycles. The zero-order chi connectivity index (χ0) is 23.1. The largest absolute Gasteiger partial charge is 0.480 e. The van der Waals surface area contributed by atoms with Crippen molar-refractivity contribution in [1.29, 1.82) is 0 Å². The minimum absolute atomic E-state index is 0.326. The average molecular weight is 457 g/mol. The number of anilines is 1. The van der Waals surface area contributed by atoms with Gasteiger partial charge in [-0.3, -0.25) is 0 Å². The number of carbonyl (C=O) groups is 1. The van der Waals surface area contributed by atoms with Gasteiger partial charge in [-0.1, -0.05) is 36.4 Å². The third-order valence-corrected chi connectivity index (χ3v) is 7.18. The Hall–Kier alpha value is -3.71. The molecule has 3 aromatic heterocycles. The van der Waals surface area contributed by atoms with Crippen LogP contribution in [-0.2, 0) is 11.2 Å². The van der Waals surface area contributed by atoms with Crippen molar-refractivity contribution in [2.24, 2.45) is 0 Å². The van der Waals surface area contributed by atoms with Crippen LogP contribution in [0.25, 0.3) is 32.2 Å².